The fraction of sp³-hybridized carbons (Fsp3) is 0.208. The molecule has 0 fully saturated rings. The van der Waals surface area contributed by atoms with E-state index in [4.69, 9.17) is 0 Å². The molecule has 0 spiro atoms. The molecule has 3 aromatic carbocycles. The number of carbonyl (C=O) groups is 1. The Morgan fingerprint density at radius 1 is 0.865 bits per heavy atom. The molecule has 0 bridgehead atoms. The fourth-order valence-electron chi connectivity index (χ4n) is 3.29. The van der Waals surface area contributed by atoms with Gasteiger partial charge in [-0.1, -0.05) is 35.9 Å². The van der Waals surface area contributed by atoms with Gasteiger partial charge in [-0.15, -0.1) is 0 Å². The molecule has 0 radical (unpaired) electrons. The van der Waals surface area contributed by atoms with Crippen molar-refractivity contribution in [1.29, 1.82) is 0 Å². The van der Waals surface area contributed by atoms with Gasteiger partial charge in [0.2, 0.25) is 15.9 Å². The standard InChI is InChI=1S/C24H19F7N2O3S/c1-15-6-8-20(9-7-15)37(35,36)33(13-16-4-2-3-5-21(16)25)14-22(34)32-19-11-17(23(26,27)28)10-18(12-19)24(29,30)31/h2-12H,13-14H2,1H3,(H,32,34). The van der Waals surface area contributed by atoms with E-state index < -0.39 is 64.0 Å². The molecule has 37 heavy (non-hydrogen) atoms. The lowest BCUT2D eigenvalue weighted by molar-refractivity contribution is -0.143. The highest BCUT2D eigenvalue weighted by Crippen LogP contribution is 2.37. The topological polar surface area (TPSA) is 66.5 Å². The highest BCUT2D eigenvalue weighted by molar-refractivity contribution is 7.89. The maximum absolute atomic E-state index is 14.3. The summed E-state index contributed by atoms with van der Waals surface area (Å²) < 4.78 is 120. The lowest BCUT2D eigenvalue weighted by Gasteiger charge is -2.22. The fourth-order valence-corrected chi connectivity index (χ4v) is 4.66. The summed E-state index contributed by atoms with van der Waals surface area (Å²) in [5.41, 5.74) is -3.54. The van der Waals surface area contributed by atoms with Crippen molar-refractivity contribution in [3.8, 4) is 0 Å². The van der Waals surface area contributed by atoms with Crippen LogP contribution in [0.15, 0.2) is 71.6 Å². The molecule has 0 aliphatic rings. The van der Waals surface area contributed by atoms with Gasteiger partial charge < -0.3 is 5.32 Å². The number of nitrogens with zero attached hydrogens (tertiary/aromatic N) is 1. The van der Waals surface area contributed by atoms with E-state index in [1.54, 1.807) is 6.92 Å². The van der Waals surface area contributed by atoms with Crippen molar-refractivity contribution in [1.82, 2.24) is 4.31 Å². The molecule has 0 heterocycles. The Labute approximate surface area is 207 Å². The minimum Gasteiger partial charge on any atom is -0.325 e. The number of rotatable bonds is 7. The number of amides is 1. The van der Waals surface area contributed by atoms with Crippen LogP contribution in [0, 0.1) is 12.7 Å². The predicted molar refractivity (Wildman–Crippen MR) is 120 cm³/mol. The Morgan fingerprint density at radius 2 is 1.41 bits per heavy atom. The number of aryl methyl sites for hydroxylation is 1. The molecule has 3 aromatic rings. The summed E-state index contributed by atoms with van der Waals surface area (Å²) in [5, 5.41) is 1.89. The van der Waals surface area contributed by atoms with Crippen LogP contribution in [0.1, 0.15) is 22.3 Å². The number of benzene rings is 3. The Kier molecular flexibility index (Phi) is 7.98. The van der Waals surface area contributed by atoms with Gasteiger partial charge in [0, 0.05) is 17.8 Å². The second-order valence-electron chi connectivity index (χ2n) is 8.02. The molecule has 0 unspecified atom stereocenters. The summed E-state index contributed by atoms with van der Waals surface area (Å²) in [7, 11) is -4.44. The summed E-state index contributed by atoms with van der Waals surface area (Å²) in [6, 6.07) is 11.1. The molecule has 1 N–H and O–H groups in total. The van der Waals surface area contributed by atoms with E-state index in [1.165, 1.54) is 42.5 Å². The number of sulfonamides is 1. The average molecular weight is 548 g/mol. The molecule has 3 rings (SSSR count). The van der Waals surface area contributed by atoms with Crippen LogP contribution in [-0.2, 0) is 33.7 Å². The van der Waals surface area contributed by atoms with E-state index in [0.717, 1.165) is 11.6 Å². The van der Waals surface area contributed by atoms with Crippen molar-refractivity contribution >= 4 is 21.6 Å². The van der Waals surface area contributed by atoms with E-state index in [9.17, 15) is 43.9 Å². The molecule has 5 nitrogen and oxygen atoms in total. The zero-order valence-electron chi connectivity index (χ0n) is 19.0. The zero-order valence-corrected chi connectivity index (χ0v) is 19.8. The van der Waals surface area contributed by atoms with Crippen LogP contribution in [0.5, 0.6) is 0 Å². The van der Waals surface area contributed by atoms with Gasteiger partial charge in [-0.25, -0.2) is 12.8 Å². The van der Waals surface area contributed by atoms with E-state index in [2.05, 4.69) is 0 Å². The van der Waals surface area contributed by atoms with Crippen molar-refractivity contribution in [3.05, 3.63) is 94.8 Å². The maximum atomic E-state index is 14.3. The Morgan fingerprint density at radius 3 is 1.92 bits per heavy atom. The van der Waals surface area contributed by atoms with Crippen LogP contribution in [0.2, 0.25) is 0 Å². The molecule has 0 aliphatic heterocycles. The number of alkyl halides is 6. The van der Waals surface area contributed by atoms with Crippen LogP contribution in [-0.4, -0.2) is 25.2 Å². The van der Waals surface area contributed by atoms with Crippen molar-refractivity contribution in [2.45, 2.75) is 30.7 Å². The van der Waals surface area contributed by atoms with Gasteiger partial charge in [0.15, 0.2) is 0 Å². The molecule has 13 heteroatoms. The van der Waals surface area contributed by atoms with Gasteiger partial charge in [-0.3, -0.25) is 4.79 Å². The van der Waals surface area contributed by atoms with Crippen LogP contribution >= 0.6 is 0 Å². The first-order valence-corrected chi connectivity index (χ1v) is 11.9. The molecule has 0 aromatic heterocycles. The first-order chi connectivity index (χ1) is 17.1. The van der Waals surface area contributed by atoms with Crippen LogP contribution in [0.4, 0.5) is 36.4 Å². The SMILES string of the molecule is Cc1ccc(S(=O)(=O)N(CC(=O)Nc2cc(C(F)(F)F)cc(C(F)(F)F)c2)Cc2ccccc2F)cc1. The van der Waals surface area contributed by atoms with Gasteiger partial charge in [0.1, 0.15) is 5.82 Å². The summed E-state index contributed by atoms with van der Waals surface area (Å²) in [6.07, 6.45) is -10.3. The van der Waals surface area contributed by atoms with Gasteiger partial charge in [0.05, 0.1) is 22.6 Å². The molecular formula is C24H19F7N2O3S. The number of anilines is 1. The van der Waals surface area contributed by atoms with Crippen LogP contribution < -0.4 is 5.32 Å². The van der Waals surface area contributed by atoms with Crippen LogP contribution in [0.25, 0.3) is 0 Å². The monoisotopic (exact) mass is 548 g/mol. The third kappa shape index (κ3) is 7.07. The third-order valence-corrected chi connectivity index (χ3v) is 6.96. The number of hydrogen-bond acceptors (Lipinski definition) is 3. The van der Waals surface area contributed by atoms with Crippen molar-refractivity contribution < 1.29 is 43.9 Å². The highest BCUT2D eigenvalue weighted by atomic mass is 32.2. The Balaban J connectivity index is 1.96. The maximum Gasteiger partial charge on any atom is 0.416 e. The van der Waals surface area contributed by atoms with E-state index in [-0.39, 0.29) is 16.5 Å². The number of nitrogens with one attached hydrogen (secondary N) is 1. The van der Waals surface area contributed by atoms with Crippen molar-refractivity contribution in [3.63, 3.8) is 0 Å². The number of hydrogen-bond donors (Lipinski definition) is 1. The van der Waals surface area contributed by atoms with E-state index in [0.29, 0.717) is 16.4 Å². The summed E-state index contributed by atoms with van der Waals surface area (Å²) >= 11 is 0. The van der Waals surface area contributed by atoms with E-state index >= 15 is 0 Å². The van der Waals surface area contributed by atoms with Crippen LogP contribution in [0.3, 0.4) is 0 Å². The third-order valence-electron chi connectivity index (χ3n) is 5.15. The lowest BCUT2D eigenvalue weighted by Crippen LogP contribution is -2.37. The molecule has 198 valence electrons. The smallest absolute Gasteiger partial charge is 0.325 e. The molecule has 0 atom stereocenters. The summed E-state index contributed by atoms with van der Waals surface area (Å²) in [6.45, 7) is 0.0417. The molecule has 1 amide bonds. The largest absolute Gasteiger partial charge is 0.416 e. The quantitative estimate of drug-likeness (QED) is 0.369. The summed E-state index contributed by atoms with van der Waals surface area (Å²) in [4.78, 5) is 12.4. The number of carbonyl (C=O) groups excluding carboxylic acids is 1. The second kappa shape index (κ2) is 10.5. The predicted octanol–water partition coefficient (Wildman–Crippen LogP) is 6.00. The molecule has 0 saturated carbocycles. The Bertz CT molecular complexity index is 1350. The summed E-state index contributed by atoms with van der Waals surface area (Å²) in [5.74, 6) is -2.01. The van der Waals surface area contributed by atoms with Crippen molar-refractivity contribution in [2.24, 2.45) is 0 Å². The highest BCUT2D eigenvalue weighted by Gasteiger charge is 2.37. The van der Waals surface area contributed by atoms with Gasteiger partial charge >= 0.3 is 12.4 Å². The van der Waals surface area contributed by atoms with Gasteiger partial charge in [-0.2, -0.15) is 30.6 Å². The lowest BCUT2D eigenvalue weighted by atomic mass is 10.1. The second-order valence-corrected chi connectivity index (χ2v) is 9.96. The Hall–Kier alpha value is -3.45. The van der Waals surface area contributed by atoms with Crippen molar-refractivity contribution in [2.75, 3.05) is 11.9 Å². The van der Waals surface area contributed by atoms with Gasteiger partial charge in [0.25, 0.3) is 0 Å². The first kappa shape index (κ1) is 28.1. The zero-order chi connectivity index (χ0) is 27.6. The van der Waals surface area contributed by atoms with E-state index in [1.807, 2.05) is 5.32 Å². The number of halogens is 7. The average Bonchev–Trinajstić information content (AvgIpc) is 2.79. The molecular weight excluding hydrogens is 529 g/mol. The molecule has 0 aliphatic carbocycles. The minimum atomic E-state index is -5.15. The minimum absolute atomic E-state index is 0.107. The van der Waals surface area contributed by atoms with Gasteiger partial charge in [-0.05, 0) is 43.3 Å². The normalized spacial score (nSPS) is 12.6. The molecule has 0 saturated heterocycles. The first-order valence-electron chi connectivity index (χ1n) is 10.5.